The van der Waals surface area contributed by atoms with Crippen molar-refractivity contribution >= 4 is 11.9 Å². The molecule has 1 amide bonds. The molecule has 2 rings (SSSR count). The number of carbonyl (C=O) groups is 1. The lowest BCUT2D eigenvalue weighted by Crippen LogP contribution is -2.28. The van der Waals surface area contributed by atoms with E-state index in [1.165, 1.54) is 0 Å². The van der Waals surface area contributed by atoms with E-state index in [2.05, 4.69) is 20.5 Å². The molecule has 1 aromatic heterocycles. The van der Waals surface area contributed by atoms with Gasteiger partial charge in [0.05, 0.1) is 11.4 Å². The maximum atomic E-state index is 12.0. The molecule has 0 aliphatic carbocycles. The lowest BCUT2D eigenvalue weighted by atomic mass is 10.1. The molecule has 0 aliphatic rings. The summed E-state index contributed by atoms with van der Waals surface area (Å²) >= 11 is 0. The molecule has 1 heterocycles. The van der Waals surface area contributed by atoms with Crippen LogP contribution in [0.1, 0.15) is 23.0 Å². The summed E-state index contributed by atoms with van der Waals surface area (Å²) < 4.78 is 0. The predicted octanol–water partition coefficient (Wildman–Crippen LogP) is 1.13. The third-order valence-corrected chi connectivity index (χ3v) is 2.77. The van der Waals surface area contributed by atoms with E-state index in [1.54, 1.807) is 26.0 Å². The van der Waals surface area contributed by atoms with Gasteiger partial charge in [0.15, 0.2) is 0 Å². The molecule has 0 unspecified atom stereocenters. The number of hydrogen-bond donors (Lipinski definition) is 2. The van der Waals surface area contributed by atoms with Crippen LogP contribution in [0.25, 0.3) is 0 Å². The zero-order chi connectivity index (χ0) is 13.8. The molecule has 1 aromatic carbocycles. The largest absolute Gasteiger partial charge is 0.316 e. The van der Waals surface area contributed by atoms with Crippen molar-refractivity contribution in [1.82, 2.24) is 15.2 Å². The maximum Gasteiger partial charge on any atom is 0.249 e. The normalized spacial score (nSPS) is 11.9. The highest BCUT2D eigenvalue weighted by Gasteiger charge is 2.16. The lowest BCUT2D eigenvalue weighted by molar-refractivity contribution is -0.117. The third-order valence-electron chi connectivity index (χ3n) is 2.77. The average Bonchev–Trinajstić information content (AvgIpc) is 2.43. The van der Waals surface area contributed by atoms with E-state index < -0.39 is 6.04 Å². The Balaban J connectivity index is 2.10. The van der Waals surface area contributed by atoms with Crippen LogP contribution in [-0.4, -0.2) is 21.1 Å². The summed E-state index contributed by atoms with van der Waals surface area (Å²) in [6.07, 6.45) is 0. The molecule has 6 nitrogen and oxygen atoms in total. The highest BCUT2D eigenvalue weighted by atomic mass is 16.2. The summed E-state index contributed by atoms with van der Waals surface area (Å²) in [7, 11) is 0. The quantitative estimate of drug-likeness (QED) is 0.859. The summed E-state index contributed by atoms with van der Waals surface area (Å²) in [5.74, 6) is -0.198. The molecule has 6 heteroatoms. The van der Waals surface area contributed by atoms with Crippen molar-refractivity contribution in [2.75, 3.05) is 5.32 Å². The van der Waals surface area contributed by atoms with Crippen molar-refractivity contribution < 1.29 is 4.79 Å². The Morgan fingerprint density at radius 3 is 2.47 bits per heavy atom. The summed E-state index contributed by atoms with van der Waals surface area (Å²) in [6, 6.07) is 8.36. The Hall–Kier alpha value is -2.34. The molecule has 3 N–H and O–H groups in total. The van der Waals surface area contributed by atoms with Gasteiger partial charge in [0.1, 0.15) is 6.04 Å². The number of rotatable bonds is 3. The summed E-state index contributed by atoms with van der Waals surface area (Å²) in [5.41, 5.74) is 8.05. The molecule has 0 aliphatic heterocycles. The van der Waals surface area contributed by atoms with Gasteiger partial charge in [0, 0.05) is 0 Å². The van der Waals surface area contributed by atoms with E-state index in [9.17, 15) is 4.79 Å². The van der Waals surface area contributed by atoms with Crippen LogP contribution < -0.4 is 11.1 Å². The van der Waals surface area contributed by atoms with Crippen LogP contribution >= 0.6 is 0 Å². The van der Waals surface area contributed by atoms with E-state index in [0.29, 0.717) is 0 Å². The number of anilines is 1. The fraction of sp³-hybridized carbons (Fsp3) is 0.231. The van der Waals surface area contributed by atoms with Gasteiger partial charge in [-0.25, -0.2) is 4.98 Å². The van der Waals surface area contributed by atoms with Gasteiger partial charge in [-0.15, -0.1) is 5.10 Å². The third kappa shape index (κ3) is 3.11. The topological polar surface area (TPSA) is 93.8 Å². The van der Waals surface area contributed by atoms with Gasteiger partial charge in [-0.2, -0.15) is 5.10 Å². The minimum atomic E-state index is -0.758. The van der Waals surface area contributed by atoms with Crippen LogP contribution in [-0.2, 0) is 4.79 Å². The minimum Gasteiger partial charge on any atom is -0.316 e. The number of nitrogens with two attached hydrogens (primary N) is 1. The number of hydrogen-bond acceptors (Lipinski definition) is 5. The van der Waals surface area contributed by atoms with E-state index in [1.807, 2.05) is 18.2 Å². The number of benzene rings is 1. The second kappa shape index (κ2) is 5.53. The van der Waals surface area contributed by atoms with Gasteiger partial charge in [0.25, 0.3) is 0 Å². The molecule has 19 heavy (non-hydrogen) atoms. The molecular formula is C13H15N5O. The standard InChI is InChI=1S/C13H15N5O/c1-8-9(2)17-18-13(15-8)16-12(19)11(14)10-6-4-3-5-7-10/h3-7,11H,14H2,1-2H3,(H,15,16,18,19)/t11-/m1/s1. The van der Waals surface area contributed by atoms with Gasteiger partial charge in [-0.3, -0.25) is 10.1 Å². The van der Waals surface area contributed by atoms with Gasteiger partial charge in [0.2, 0.25) is 11.9 Å². The molecule has 0 bridgehead atoms. The summed E-state index contributed by atoms with van der Waals surface area (Å²) in [6.45, 7) is 3.60. The molecule has 0 radical (unpaired) electrons. The Morgan fingerprint density at radius 1 is 1.16 bits per heavy atom. The zero-order valence-corrected chi connectivity index (χ0v) is 10.8. The van der Waals surface area contributed by atoms with Crippen LogP contribution in [0.15, 0.2) is 30.3 Å². The van der Waals surface area contributed by atoms with Crippen LogP contribution in [0, 0.1) is 13.8 Å². The number of aromatic nitrogens is 3. The fourth-order valence-corrected chi connectivity index (χ4v) is 1.51. The first-order chi connectivity index (χ1) is 9.08. The monoisotopic (exact) mass is 257 g/mol. The SMILES string of the molecule is Cc1nnc(NC(=O)[C@H](N)c2ccccc2)nc1C. The number of carbonyl (C=O) groups excluding carboxylic acids is 1. The molecule has 98 valence electrons. The Bertz CT molecular complexity index is 585. The second-order valence-corrected chi connectivity index (χ2v) is 4.18. The van der Waals surface area contributed by atoms with Crippen LogP contribution in [0.3, 0.4) is 0 Å². The Kier molecular flexibility index (Phi) is 3.82. The van der Waals surface area contributed by atoms with Gasteiger partial charge in [-0.05, 0) is 19.4 Å². The first-order valence-electron chi connectivity index (χ1n) is 5.87. The van der Waals surface area contributed by atoms with Crippen molar-refractivity contribution in [3.05, 3.63) is 47.3 Å². The fourth-order valence-electron chi connectivity index (χ4n) is 1.51. The van der Waals surface area contributed by atoms with Crippen LogP contribution in [0.5, 0.6) is 0 Å². The smallest absolute Gasteiger partial charge is 0.249 e. The van der Waals surface area contributed by atoms with Gasteiger partial charge < -0.3 is 5.73 Å². The summed E-state index contributed by atoms with van der Waals surface area (Å²) in [4.78, 5) is 16.1. The number of amides is 1. The number of nitrogens with zero attached hydrogens (tertiary/aromatic N) is 3. The Labute approximate surface area is 111 Å². The highest BCUT2D eigenvalue weighted by molar-refractivity contribution is 5.93. The van der Waals surface area contributed by atoms with E-state index in [4.69, 9.17) is 5.73 Å². The van der Waals surface area contributed by atoms with Gasteiger partial charge >= 0.3 is 0 Å². The van der Waals surface area contributed by atoms with Crippen LogP contribution in [0.4, 0.5) is 5.95 Å². The molecular weight excluding hydrogens is 242 g/mol. The van der Waals surface area contributed by atoms with Crippen molar-refractivity contribution in [3.8, 4) is 0 Å². The molecule has 0 spiro atoms. The maximum absolute atomic E-state index is 12.0. The summed E-state index contributed by atoms with van der Waals surface area (Å²) in [5, 5.41) is 10.3. The second-order valence-electron chi connectivity index (χ2n) is 4.18. The van der Waals surface area contributed by atoms with Crippen molar-refractivity contribution in [2.45, 2.75) is 19.9 Å². The van der Waals surface area contributed by atoms with Gasteiger partial charge in [-0.1, -0.05) is 30.3 Å². The molecule has 0 saturated carbocycles. The molecule has 0 saturated heterocycles. The lowest BCUT2D eigenvalue weighted by Gasteiger charge is -2.11. The first kappa shape index (κ1) is 13.1. The zero-order valence-electron chi connectivity index (χ0n) is 10.8. The average molecular weight is 257 g/mol. The van der Waals surface area contributed by atoms with E-state index >= 15 is 0 Å². The Morgan fingerprint density at radius 2 is 1.84 bits per heavy atom. The van der Waals surface area contributed by atoms with E-state index in [0.717, 1.165) is 17.0 Å². The van der Waals surface area contributed by atoms with Crippen LogP contribution in [0.2, 0.25) is 0 Å². The molecule has 2 aromatic rings. The van der Waals surface area contributed by atoms with Crippen molar-refractivity contribution in [2.24, 2.45) is 5.73 Å². The van der Waals surface area contributed by atoms with E-state index in [-0.39, 0.29) is 11.9 Å². The molecule has 0 fully saturated rings. The van der Waals surface area contributed by atoms with Crippen molar-refractivity contribution in [3.63, 3.8) is 0 Å². The highest BCUT2D eigenvalue weighted by Crippen LogP contribution is 2.11. The molecule has 1 atom stereocenters. The minimum absolute atomic E-state index is 0.166. The predicted molar refractivity (Wildman–Crippen MR) is 71.3 cm³/mol. The first-order valence-corrected chi connectivity index (χ1v) is 5.87. The van der Waals surface area contributed by atoms with Crippen molar-refractivity contribution in [1.29, 1.82) is 0 Å². The number of aryl methyl sites for hydroxylation is 2. The number of nitrogens with one attached hydrogen (secondary N) is 1.